The highest BCUT2D eigenvalue weighted by atomic mass is 19.3. The lowest BCUT2D eigenvalue weighted by Crippen LogP contribution is -2.36. The standard InChI is InChI=1S/C8H13F2NO2/c9-8(10,5-7(12)13)6-11-3-1-2-4-11/h1-6H2,(H,12,13). The molecule has 3 nitrogen and oxygen atoms in total. The van der Waals surface area contributed by atoms with Gasteiger partial charge in [-0.15, -0.1) is 0 Å². The Hall–Kier alpha value is -0.710. The lowest BCUT2D eigenvalue weighted by Gasteiger charge is -2.21. The van der Waals surface area contributed by atoms with Crippen molar-refractivity contribution in [2.45, 2.75) is 25.2 Å². The molecule has 0 bridgehead atoms. The molecule has 0 aromatic rings. The number of halogens is 2. The molecule has 1 rings (SSSR count). The SMILES string of the molecule is O=C(O)CC(F)(F)CN1CCCC1. The summed E-state index contributed by atoms with van der Waals surface area (Å²) in [6, 6.07) is 0. The molecule has 1 saturated heterocycles. The summed E-state index contributed by atoms with van der Waals surface area (Å²) < 4.78 is 25.8. The van der Waals surface area contributed by atoms with E-state index in [1.165, 1.54) is 0 Å². The van der Waals surface area contributed by atoms with Crippen LogP contribution < -0.4 is 0 Å². The summed E-state index contributed by atoms with van der Waals surface area (Å²) in [5, 5.41) is 8.22. The minimum atomic E-state index is -3.09. The first-order valence-corrected chi connectivity index (χ1v) is 4.32. The molecule has 0 spiro atoms. The van der Waals surface area contributed by atoms with Crippen molar-refractivity contribution in [3.63, 3.8) is 0 Å². The van der Waals surface area contributed by atoms with Gasteiger partial charge in [-0.3, -0.25) is 9.69 Å². The van der Waals surface area contributed by atoms with Gasteiger partial charge < -0.3 is 5.11 Å². The number of carbonyl (C=O) groups is 1. The van der Waals surface area contributed by atoms with Crippen molar-refractivity contribution in [1.29, 1.82) is 0 Å². The van der Waals surface area contributed by atoms with Crippen molar-refractivity contribution in [1.82, 2.24) is 4.90 Å². The molecule has 1 aliphatic rings. The third-order valence-corrected chi connectivity index (χ3v) is 2.06. The predicted octanol–water partition coefficient (Wildman–Crippen LogP) is 1.19. The number of likely N-dealkylation sites (tertiary alicyclic amines) is 1. The van der Waals surface area contributed by atoms with Crippen LogP contribution >= 0.6 is 0 Å². The minimum Gasteiger partial charge on any atom is -0.481 e. The Kier molecular flexibility index (Phi) is 3.19. The van der Waals surface area contributed by atoms with Crippen molar-refractivity contribution < 1.29 is 18.7 Å². The van der Waals surface area contributed by atoms with Gasteiger partial charge in [0.2, 0.25) is 0 Å². The summed E-state index contributed by atoms with van der Waals surface area (Å²) in [6.45, 7) is 0.906. The van der Waals surface area contributed by atoms with Gasteiger partial charge in [-0.1, -0.05) is 0 Å². The van der Waals surface area contributed by atoms with Crippen LogP contribution in [0.25, 0.3) is 0 Å². The lowest BCUT2D eigenvalue weighted by molar-refractivity contribution is -0.145. The van der Waals surface area contributed by atoms with Crippen LogP contribution in [-0.2, 0) is 4.79 Å². The smallest absolute Gasteiger partial charge is 0.309 e. The molecular formula is C8H13F2NO2. The largest absolute Gasteiger partial charge is 0.481 e. The molecule has 0 aromatic heterocycles. The Balaban J connectivity index is 2.35. The molecule has 76 valence electrons. The first-order valence-electron chi connectivity index (χ1n) is 4.32. The van der Waals surface area contributed by atoms with Crippen LogP contribution in [0.5, 0.6) is 0 Å². The van der Waals surface area contributed by atoms with E-state index >= 15 is 0 Å². The number of hydrogen-bond donors (Lipinski definition) is 1. The van der Waals surface area contributed by atoms with E-state index in [1.54, 1.807) is 4.90 Å². The van der Waals surface area contributed by atoms with Crippen LogP contribution in [-0.4, -0.2) is 41.5 Å². The van der Waals surface area contributed by atoms with Crippen molar-refractivity contribution in [3.8, 4) is 0 Å². The van der Waals surface area contributed by atoms with Gasteiger partial charge in [-0.2, -0.15) is 0 Å². The summed E-state index contributed by atoms with van der Waals surface area (Å²) in [5.41, 5.74) is 0. The third kappa shape index (κ3) is 3.67. The van der Waals surface area contributed by atoms with Gasteiger partial charge in [-0.05, 0) is 25.9 Å². The van der Waals surface area contributed by atoms with Gasteiger partial charge >= 0.3 is 5.97 Å². The van der Waals surface area contributed by atoms with E-state index in [2.05, 4.69) is 0 Å². The van der Waals surface area contributed by atoms with Gasteiger partial charge in [0.1, 0.15) is 6.42 Å². The third-order valence-electron chi connectivity index (χ3n) is 2.06. The normalized spacial score (nSPS) is 19.2. The van der Waals surface area contributed by atoms with Gasteiger partial charge in [0.05, 0.1) is 6.54 Å². The molecule has 0 aliphatic carbocycles. The molecule has 0 atom stereocenters. The molecule has 1 N–H and O–H groups in total. The number of nitrogens with zero attached hydrogens (tertiary/aromatic N) is 1. The highest BCUT2D eigenvalue weighted by Crippen LogP contribution is 2.22. The molecule has 1 heterocycles. The van der Waals surface area contributed by atoms with E-state index in [9.17, 15) is 13.6 Å². The predicted molar refractivity (Wildman–Crippen MR) is 42.9 cm³/mol. The number of carboxylic acid groups (broad SMARTS) is 1. The van der Waals surface area contributed by atoms with E-state index in [1.807, 2.05) is 0 Å². The molecule has 5 heteroatoms. The van der Waals surface area contributed by atoms with Crippen LogP contribution in [0.15, 0.2) is 0 Å². The van der Waals surface area contributed by atoms with Crippen molar-refractivity contribution >= 4 is 5.97 Å². The summed E-state index contributed by atoms with van der Waals surface area (Å²) in [6.07, 6.45) is 0.801. The number of alkyl halides is 2. The fourth-order valence-corrected chi connectivity index (χ4v) is 1.55. The minimum absolute atomic E-state index is 0.417. The van der Waals surface area contributed by atoms with Crippen LogP contribution in [0.2, 0.25) is 0 Å². The maximum Gasteiger partial charge on any atom is 0.309 e. The first kappa shape index (κ1) is 10.4. The van der Waals surface area contributed by atoms with Crippen molar-refractivity contribution in [2.24, 2.45) is 0 Å². The summed E-state index contributed by atoms with van der Waals surface area (Å²) in [5.74, 6) is -4.53. The number of aliphatic carboxylic acids is 1. The van der Waals surface area contributed by atoms with Crippen LogP contribution in [0.4, 0.5) is 8.78 Å². The number of hydrogen-bond acceptors (Lipinski definition) is 2. The zero-order valence-corrected chi connectivity index (χ0v) is 7.30. The average Bonchev–Trinajstić information content (AvgIpc) is 2.34. The Morgan fingerprint density at radius 2 is 1.92 bits per heavy atom. The van der Waals surface area contributed by atoms with Crippen LogP contribution in [0.3, 0.4) is 0 Å². The number of carboxylic acids is 1. The molecule has 0 amide bonds. The number of rotatable bonds is 4. The van der Waals surface area contributed by atoms with Gasteiger partial charge in [0, 0.05) is 0 Å². The zero-order valence-electron chi connectivity index (χ0n) is 7.30. The summed E-state index contributed by atoms with van der Waals surface area (Å²) in [4.78, 5) is 11.7. The van der Waals surface area contributed by atoms with Crippen LogP contribution in [0.1, 0.15) is 19.3 Å². The van der Waals surface area contributed by atoms with Crippen LogP contribution in [0, 0.1) is 0 Å². The first-order chi connectivity index (χ1) is 5.99. The molecule has 0 radical (unpaired) electrons. The van der Waals surface area contributed by atoms with Crippen molar-refractivity contribution in [2.75, 3.05) is 19.6 Å². The second-order valence-electron chi connectivity index (χ2n) is 3.41. The Labute approximate surface area is 75.3 Å². The molecule has 0 aromatic carbocycles. The Bertz CT molecular complexity index is 191. The van der Waals surface area contributed by atoms with E-state index < -0.39 is 24.9 Å². The Morgan fingerprint density at radius 1 is 1.38 bits per heavy atom. The Morgan fingerprint density at radius 3 is 2.38 bits per heavy atom. The maximum absolute atomic E-state index is 12.9. The van der Waals surface area contributed by atoms with E-state index in [4.69, 9.17) is 5.11 Å². The second kappa shape index (κ2) is 4.00. The highest BCUT2D eigenvalue weighted by Gasteiger charge is 2.35. The fourth-order valence-electron chi connectivity index (χ4n) is 1.55. The molecule has 1 aliphatic heterocycles. The highest BCUT2D eigenvalue weighted by molar-refractivity contribution is 5.67. The molecule has 0 saturated carbocycles. The summed E-state index contributed by atoms with van der Waals surface area (Å²) >= 11 is 0. The quantitative estimate of drug-likeness (QED) is 0.729. The molecule has 13 heavy (non-hydrogen) atoms. The van der Waals surface area contributed by atoms with Gasteiger partial charge in [-0.25, -0.2) is 8.78 Å². The molecule has 0 unspecified atom stereocenters. The lowest BCUT2D eigenvalue weighted by atomic mass is 10.2. The molecular weight excluding hydrogens is 180 g/mol. The molecule has 1 fully saturated rings. The average molecular weight is 193 g/mol. The second-order valence-corrected chi connectivity index (χ2v) is 3.41. The monoisotopic (exact) mass is 193 g/mol. The maximum atomic E-state index is 12.9. The van der Waals surface area contributed by atoms with E-state index in [-0.39, 0.29) is 0 Å². The fraction of sp³-hybridized carbons (Fsp3) is 0.875. The van der Waals surface area contributed by atoms with Crippen molar-refractivity contribution in [3.05, 3.63) is 0 Å². The zero-order chi connectivity index (χ0) is 9.90. The van der Waals surface area contributed by atoms with E-state index in [0.717, 1.165) is 12.8 Å². The van der Waals surface area contributed by atoms with Gasteiger partial charge in [0.15, 0.2) is 0 Å². The topological polar surface area (TPSA) is 40.5 Å². The van der Waals surface area contributed by atoms with Gasteiger partial charge in [0.25, 0.3) is 5.92 Å². The van der Waals surface area contributed by atoms with E-state index in [0.29, 0.717) is 13.1 Å². The summed E-state index contributed by atoms with van der Waals surface area (Å²) in [7, 11) is 0.